The van der Waals surface area contributed by atoms with E-state index in [1.165, 1.54) is 0 Å². The number of aromatic nitrogens is 1. The van der Waals surface area contributed by atoms with Crippen LogP contribution in [0.4, 0.5) is 0 Å². The minimum Gasteiger partial charge on any atom is -0.309 e. The number of likely N-dealkylation sites (N-methyl/N-ethyl adjacent to an activating group) is 1. The summed E-state index contributed by atoms with van der Waals surface area (Å²) >= 11 is 16.1. The van der Waals surface area contributed by atoms with E-state index in [-0.39, 0.29) is 5.91 Å². The maximum Gasteiger partial charge on any atom is 0.263 e. The molecule has 0 fully saturated rings. The van der Waals surface area contributed by atoms with Crippen molar-refractivity contribution in [2.24, 2.45) is 0 Å². The molecule has 0 radical (unpaired) electrons. The second-order valence-electron chi connectivity index (χ2n) is 6.12. The van der Waals surface area contributed by atoms with Gasteiger partial charge in [-0.05, 0) is 60.2 Å². The first-order chi connectivity index (χ1) is 11.9. The van der Waals surface area contributed by atoms with Gasteiger partial charge in [-0.3, -0.25) is 9.36 Å². The van der Waals surface area contributed by atoms with E-state index >= 15 is 0 Å². The molecule has 3 rings (SSSR count). The van der Waals surface area contributed by atoms with Gasteiger partial charge in [-0.25, -0.2) is 0 Å². The summed E-state index contributed by atoms with van der Waals surface area (Å²) in [6.45, 7) is 0.878. The Morgan fingerprint density at radius 1 is 1.16 bits per heavy atom. The minimum absolute atomic E-state index is 0.141. The van der Waals surface area contributed by atoms with Crippen LogP contribution in [0.3, 0.4) is 0 Å². The molecule has 2 aromatic carbocycles. The van der Waals surface area contributed by atoms with Crippen molar-refractivity contribution in [2.45, 2.75) is 6.42 Å². The fraction of sp³-hybridized carbons (Fsp3) is 0.211. The van der Waals surface area contributed by atoms with Gasteiger partial charge in [0.1, 0.15) is 0 Å². The molecule has 0 N–H and O–H groups in total. The maximum absolute atomic E-state index is 13.1. The Labute approximate surface area is 165 Å². The van der Waals surface area contributed by atoms with Gasteiger partial charge >= 0.3 is 0 Å². The molecule has 1 aromatic heterocycles. The number of carbonyl (C=O) groups excluding carboxylic acids is 1. The van der Waals surface area contributed by atoms with Crippen LogP contribution >= 0.6 is 39.1 Å². The highest BCUT2D eigenvalue weighted by Gasteiger charge is 2.20. The molecule has 0 bridgehead atoms. The number of benzene rings is 2. The first kappa shape index (κ1) is 18.5. The van der Waals surface area contributed by atoms with Crippen LogP contribution < -0.4 is 0 Å². The fourth-order valence-corrected chi connectivity index (χ4v) is 3.66. The first-order valence-electron chi connectivity index (χ1n) is 7.82. The van der Waals surface area contributed by atoms with Crippen molar-refractivity contribution in [3.8, 4) is 0 Å². The molecule has 1 heterocycles. The number of nitrogens with zero attached hydrogens (tertiary/aromatic N) is 2. The molecule has 0 unspecified atom stereocenters. The molecule has 0 aliphatic rings. The zero-order valence-corrected chi connectivity index (χ0v) is 17.0. The average Bonchev–Trinajstić information content (AvgIpc) is 2.95. The molecular weight excluding hydrogens is 423 g/mol. The standard InChI is InChI=1S/C19H17BrCl2N2O/c1-23(2)10-9-12-11-24(18-13(12)7-8-16(21)17(18)22)19(25)14-5-3-4-6-15(14)20/h3-8,11H,9-10H2,1-2H3. The third kappa shape index (κ3) is 3.63. The van der Waals surface area contributed by atoms with E-state index in [4.69, 9.17) is 23.2 Å². The lowest BCUT2D eigenvalue weighted by molar-refractivity contribution is 0.0964. The molecule has 0 amide bonds. The van der Waals surface area contributed by atoms with Gasteiger partial charge in [0.2, 0.25) is 0 Å². The third-order valence-electron chi connectivity index (χ3n) is 4.09. The van der Waals surface area contributed by atoms with Gasteiger partial charge in [0.15, 0.2) is 0 Å². The summed E-state index contributed by atoms with van der Waals surface area (Å²) in [4.78, 5) is 15.2. The molecule has 0 aliphatic heterocycles. The molecule has 130 valence electrons. The van der Waals surface area contributed by atoms with Crippen LogP contribution in [0.1, 0.15) is 15.9 Å². The van der Waals surface area contributed by atoms with Crippen LogP contribution in [0, 0.1) is 0 Å². The van der Waals surface area contributed by atoms with Gasteiger partial charge < -0.3 is 4.90 Å². The largest absolute Gasteiger partial charge is 0.309 e. The quantitative estimate of drug-likeness (QED) is 0.535. The van der Waals surface area contributed by atoms with Crippen molar-refractivity contribution < 1.29 is 4.79 Å². The van der Waals surface area contributed by atoms with Crippen LogP contribution in [0.5, 0.6) is 0 Å². The van der Waals surface area contributed by atoms with Gasteiger partial charge in [-0.15, -0.1) is 0 Å². The number of hydrogen-bond acceptors (Lipinski definition) is 2. The van der Waals surface area contributed by atoms with Crippen molar-refractivity contribution in [1.82, 2.24) is 9.47 Å². The number of halogens is 3. The van der Waals surface area contributed by atoms with Crippen LogP contribution in [0.2, 0.25) is 10.0 Å². The van der Waals surface area contributed by atoms with Crippen LogP contribution in [0.15, 0.2) is 47.1 Å². The Morgan fingerprint density at radius 3 is 2.56 bits per heavy atom. The minimum atomic E-state index is -0.141. The topological polar surface area (TPSA) is 25.2 Å². The van der Waals surface area contributed by atoms with E-state index in [0.717, 1.165) is 28.4 Å². The summed E-state index contributed by atoms with van der Waals surface area (Å²) in [5, 5.41) is 1.79. The number of carbonyl (C=O) groups is 1. The predicted molar refractivity (Wildman–Crippen MR) is 108 cm³/mol. The third-order valence-corrected chi connectivity index (χ3v) is 5.58. The lowest BCUT2D eigenvalue weighted by atomic mass is 10.1. The van der Waals surface area contributed by atoms with Gasteiger partial charge in [-0.1, -0.05) is 41.4 Å². The highest BCUT2D eigenvalue weighted by atomic mass is 79.9. The zero-order chi connectivity index (χ0) is 18.1. The summed E-state index contributed by atoms with van der Waals surface area (Å²) < 4.78 is 2.35. The Morgan fingerprint density at radius 2 is 1.88 bits per heavy atom. The van der Waals surface area contributed by atoms with Crippen LogP contribution in [-0.4, -0.2) is 36.0 Å². The van der Waals surface area contributed by atoms with Crippen molar-refractivity contribution in [1.29, 1.82) is 0 Å². The fourth-order valence-electron chi connectivity index (χ4n) is 2.79. The smallest absolute Gasteiger partial charge is 0.263 e. The SMILES string of the molecule is CN(C)CCc1cn(C(=O)c2ccccc2Br)c2c(Cl)c(Cl)ccc12. The Bertz CT molecular complexity index is 950. The number of fused-ring (bicyclic) bond motifs is 1. The highest BCUT2D eigenvalue weighted by Crippen LogP contribution is 2.35. The zero-order valence-electron chi connectivity index (χ0n) is 13.9. The molecule has 3 aromatic rings. The maximum atomic E-state index is 13.1. The summed E-state index contributed by atoms with van der Waals surface area (Å²) in [5.74, 6) is -0.141. The molecule has 0 atom stereocenters. The molecule has 25 heavy (non-hydrogen) atoms. The van der Waals surface area contributed by atoms with Gasteiger partial charge in [-0.2, -0.15) is 0 Å². The summed E-state index contributed by atoms with van der Waals surface area (Å²) in [6.07, 6.45) is 2.69. The van der Waals surface area contributed by atoms with E-state index in [1.54, 1.807) is 16.7 Å². The van der Waals surface area contributed by atoms with Crippen molar-refractivity contribution in [2.75, 3.05) is 20.6 Å². The molecule has 0 saturated heterocycles. The predicted octanol–water partition coefficient (Wildman–Crippen LogP) is 5.50. The monoisotopic (exact) mass is 438 g/mol. The lowest BCUT2D eigenvalue weighted by Gasteiger charge is -2.08. The molecule has 0 spiro atoms. The van der Waals surface area contributed by atoms with Gasteiger partial charge in [0.25, 0.3) is 5.91 Å². The lowest BCUT2D eigenvalue weighted by Crippen LogP contribution is -2.15. The van der Waals surface area contributed by atoms with E-state index in [9.17, 15) is 4.79 Å². The van der Waals surface area contributed by atoms with Crippen molar-refractivity contribution in [3.63, 3.8) is 0 Å². The Hall–Kier alpha value is -1.33. The summed E-state index contributed by atoms with van der Waals surface area (Å²) in [6, 6.07) is 11.1. The van der Waals surface area contributed by atoms with Crippen molar-refractivity contribution >= 4 is 55.9 Å². The van der Waals surface area contributed by atoms with E-state index in [2.05, 4.69) is 20.8 Å². The summed E-state index contributed by atoms with van der Waals surface area (Å²) in [7, 11) is 4.05. The second kappa shape index (κ2) is 7.50. The highest BCUT2D eigenvalue weighted by molar-refractivity contribution is 9.10. The number of hydrogen-bond donors (Lipinski definition) is 0. The van der Waals surface area contributed by atoms with E-state index in [1.807, 2.05) is 44.6 Å². The average molecular weight is 440 g/mol. The van der Waals surface area contributed by atoms with Gasteiger partial charge in [0, 0.05) is 22.6 Å². The summed E-state index contributed by atoms with van der Waals surface area (Å²) in [5.41, 5.74) is 2.31. The number of rotatable bonds is 4. The molecule has 6 heteroatoms. The van der Waals surface area contributed by atoms with E-state index in [0.29, 0.717) is 21.1 Å². The molecule has 0 aliphatic carbocycles. The normalized spacial score (nSPS) is 11.4. The van der Waals surface area contributed by atoms with Crippen LogP contribution in [-0.2, 0) is 6.42 Å². The van der Waals surface area contributed by atoms with Crippen molar-refractivity contribution in [3.05, 3.63) is 68.2 Å². The molecule has 0 saturated carbocycles. The second-order valence-corrected chi connectivity index (χ2v) is 7.76. The first-order valence-corrected chi connectivity index (χ1v) is 9.37. The molecular formula is C19H17BrCl2N2O. The Balaban J connectivity index is 2.18. The van der Waals surface area contributed by atoms with E-state index < -0.39 is 0 Å². The van der Waals surface area contributed by atoms with Crippen LogP contribution in [0.25, 0.3) is 10.9 Å². The van der Waals surface area contributed by atoms with Gasteiger partial charge in [0.05, 0.1) is 21.1 Å². The molecule has 3 nitrogen and oxygen atoms in total. The Kier molecular flexibility index (Phi) is 5.54.